The average Bonchev–Trinajstić information content (AvgIpc) is 3.38. The van der Waals surface area contributed by atoms with Crippen LogP contribution in [0.3, 0.4) is 0 Å². The Morgan fingerprint density at radius 2 is 0.519 bits per heavy atom. The predicted octanol–water partition coefficient (Wildman–Crippen LogP) is 2.27. The summed E-state index contributed by atoms with van der Waals surface area (Å²) in [5, 5.41) is 54.6. The molecule has 0 aliphatic rings. The summed E-state index contributed by atoms with van der Waals surface area (Å²) in [6, 6.07) is -9.07. The Kier molecular flexibility index (Phi) is 38.5. The quantitative estimate of drug-likeness (QED) is 0.0308. The zero-order chi connectivity index (χ0) is 58.1. The molecule has 6 unspecified atom stereocenters. The average molecular weight is 1100 g/mol. The topological polar surface area (TPSA) is 406 Å². The normalized spacial score (nSPS) is 13.1. The number of methoxy groups -OCH3 is 2. The highest BCUT2D eigenvalue weighted by molar-refractivity contribution is 5.90. The van der Waals surface area contributed by atoms with Crippen LogP contribution in [0.15, 0.2) is 0 Å². The monoisotopic (exact) mass is 1100 g/mol. The standard InChI is InChI=1S/C51H85N7O19/c1-5-6-7-8-9-10-11-12-13-14-15-16-17-18-19-20-40(60)53-33(46(66)67)21-28-41(61)54-36(49(72)73)24-31-45(65)58-38(51(75)77-4)26-32-43(63)56-34(47(68)69)22-29-42(62)55-35(48(70)71)23-30-44(64)57-37(50(74)76-3)25-27-39(59)52-2/h33-38H,5-32H2,1-4H3,(H,52,59)(H,53,60)(H,54,61)(H,55,62)(H,56,63)(H,57,64)(H,58,65)(H,66,67)(H,68,69)(H,70,71)(H,72,73). The van der Waals surface area contributed by atoms with Crippen LogP contribution < -0.4 is 37.2 Å². The first kappa shape index (κ1) is 70.1. The molecule has 6 atom stereocenters. The fraction of sp³-hybridized carbons (Fsp3) is 0.745. The van der Waals surface area contributed by atoms with Crippen LogP contribution in [0, 0.1) is 0 Å². The molecule has 0 aromatic carbocycles. The van der Waals surface area contributed by atoms with E-state index < -0.39 is 171 Å². The van der Waals surface area contributed by atoms with Gasteiger partial charge in [-0.05, 0) is 44.9 Å². The second-order valence-electron chi connectivity index (χ2n) is 18.7. The smallest absolute Gasteiger partial charge is 0.328 e. The fourth-order valence-corrected chi connectivity index (χ4v) is 7.85. The molecule has 0 bridgehead atoms. The van der Waals surface area contributed by atoms with Gasteiger partial charge in [0.05, 0.1) is 14.2 Å². The van der Waals surface area contributed by atoms with Gasteiger partial charge in [-0.1, -0.05) is 96.8 Å². The van der Waals surface area contributed by atoms with E-state index in [2.05, 4.69) is 53.6 Å². The van der Waals surface area contributed by atoms with Crippen LogP contribution in [0.25, 0.3) is 0 Å². The molecular formula is C51H85N7O19. The van der Waals surface area contributed by atoms with Crippen molar-refractivity contribution < 1.29 is 92.2 Å². The molecule has 0 aliphatic carbocycles. The van der Waals surface area contributed by atoms with Crippen molar-refractivity contribution in [2.24, 2.45) is 0 Å². The molecule has 0 aromatic heterocycles. The van der Waals surface area contributed by atoms with E-state index in [4.69, 9.17) is 0 Å². The van der Waals surface area contributed by atoms with Crippen molar-refractivity contribution in [3.63, 3.8) is 0 Å². The molecule has 26 heteroatoms. The summed E-state index contributed by atoms with van der Waals surface area (Å²) in [4.78, 5) is 160. The molecule has 0 radical (unpaired) electrons. The van der Waals surface area contributed by atoms with Gasteiger partial charge in [-0.2, -0.15) is 0 Å². The molecule has 0 rings (SSSR count). The Morgan fingerprint density at radius 3 is 0.753 bits per heavy atom. The van der Waals surface area contributed by atoms with Gasteiger partial charge in [-0.3, -0.25) is 33.6 Å². The number of nitrogens with one attached hydrogen (secondary N) is 7. The number of unbranched alkanes of at least 4 members (excludes halogenated alkanes) is 14. The van der Waals surface area contributed by atoms with E-state index in [1.807, 2.05) is 0 Å². The molecule has 26 nitrogen and oxygen atoms in total. The number of carbonyl (C=O) groups excluding carboxylic acids is 9. The lowest BCUT2D eigenvalue weighted by atomic mass is 10.0. The Labute approximate surface area is 449 Å². The zero-order valence-electron chi connectivity index (χ0n) is 45.2. The van der Waals surface area contributed by atoms with Crippen LogP contribution in [0.2, 0.25) is 0 Å². The highest BCUT2D eigenvalue weighted by atomic mass is 16.5. The third-order valence-corrected chi connectivity index (χ3v) is 12.4. The molecular weight excluding hydrogens is 1010 g/mol. The molecule has 0 spiro atoms. The summed E-state index contributed by atoms with van der Waals surface area (Å²) in [5.41, 5.74) is 0. The Hall–Kier alpha value is -6.89. The second-order valence-corrected chi connectivity index (χ2v) is 18.7. The van der Waals surface area contributed by atoms with Gasteiger partial charge in [0.15, 0.2) is 0 Å². The number of carboxylic acid groups (broad SMARTS) is 4. The van der Waals surface area contributed by atoms with Crippen LogP contribution in [0.5, 0.6) is 0 Å². The van der Waals surface area contributed by atoms with Crippen molar-refractivity contribution in [3.05, 3.63) is 0 Å². The third kappa shape index (κ3) is 35.1. The molecule has 438 valence electrons. The van der Waals surface area contributed by atoms with Crippen molar-refractivity contribution in [2.45, 2.75) is 223 Å². The van der Waals surface area contributed by atoms with Gasteiger partial charge in [-0.15, -0.1) is 0 Å². The first-order valence-corrected chi connectivity index (χ1v) is 26.6. The van der Waals surface area contributed by atoms with Gasteiger partial charge in [0.25, 0.3) is 0 Å². The SMILES string of the molecule is CCCCCCCCCCCCCCCCCC(=O)NC(CCC(=O)NC(CCC(=O)NC(CCC(=O)NC(CCC(=O)NC(CCC(=O)NC(CCC(=O)NC)C(=O)OC)C(=O)O)C(=O)O)C(=O)OC)C(=O)O)C(=O)O. The molecule has 0 heterocycles. The lowest BCUT2D eigenvalue weighted by Crippen LogP contribution is -2.46. The summed E-state index contributed by atoms with van der Waals surface area (Å²) in [6.07, 6.45) is 12.1. The summed E-state index contributed by atoms with van der Waals surface area (Å²) in [6.45, 7) is 2.21. The van der Waals surface area contributed by atoms with E-state index in [0.717, 1.165) is 39.9 Å². The number of hydrogen-bond donors (Lipinski definition) is 11. The molecule has 11 N–H and O–H groups in total. The van der Waals surface area contributed by atoms with Gasteiger partial charge in [0.1, 0.15) is 36.3 Å². The molecule has 77 heavy (non-hydrogen) atoms. The van der Waals surface area contributed by atoms with Gasteiger partial charge in [0.2, 0.25) is 41.4 Å². The van der Waals surface area contributed by atoms with Gasteiger partial charge >= 0.3 is 35.8 Å². The number of carboxylic acids is 4. The molecule has 0 aliphatic heterocycles. The molecule has 0 saturated carbocycles. The largest absolute Gasteiger partial charge is 0.480 e. The van der Waals surface area contributed by atoms with Gasteiger partial charge < -0.3 is 67.1 Å². The number of amides is 7. The summed E-state index contributed by atoms with van der Waals surface area (Å²) < 4.78 is 9.31. The number of hydrogen-bond acceptors (Lipinski definition) is 15. The zero-order valence-corrected chi connectivity index (χ0v) is 45.2. The molecule has 7 amide bonds. The Morgan fingerprint density at radius 1 is 0.312 bits per heavy atom. The Balaban J connectivity index is 4.97. The second kappa shape index (κ2) is 42.2. The maximum atomic E-state index is 12.9. The first-order chi connectivity index (χ1) is 36.6. The van der Waals surface area contributed by atoms with E-state index in [1.54, 1.807) is 0 Å². The number of carbonyl (C=O) groups is 13. The number of aliphatic carboxylic acids is 4. The van der Waals surface area contributed by atoms with Gasteiger partial charge in [-0.25, -0.2) is 28.8 Å². The van der Waals surface area contributed by atoms with Crippen molar-refractivity contribution in [3.8, 4) is 0 Å². The number of rotatable bonds is 46. The van der Waals surface area contributed by atoms with E-state index in [-0.39, 0.29) is 25.7 Å². The van der Waals surface area contributed by atoms with Crippen molar-refractivity contribution in [2.75, 3.05) is 21.3 Å². The summed E-state index contributed by atoms with van der Waals surface area (Å²) in [5.74, 6) is -13.3. The van der Waals surface area contributed by atoms with E-state index in [1.165, 1.54) is 71.3 Å². The van der Waals surface area contributed by atoms with Crippen molar-refractivity contribution in [1.82, 2.24) is 37.2 Å². The lowest BCUT2D eigenvalue weighted by Gasteiger charge is -2.19. The molecule has 0 fully saturated rings. The third-order valence-electron chi connectivity index (χ3n) is 12.4. The first-order valence-electron chi connectivity index (χ1n) is 26.6. The number of ether oxygens (including phenoxy) is 2. The number of esters is 2. The molecule has 0 saturated heterocycles. The van der Waals surface area contributed by atoms with Crippen LogP contribution >= 0.6 is 0 Å². The summed E-state index contributed by atoms with van der Waals surface area (Å²) >= 11 is 0. The highest BCUT2D eigenvalue weighted by Crippen LogP contribution is 2.15. The minimum atomic E-state index is -1.69. The lowest BCUT2D eigenvalue weighted by molar-refractivity contribution is -0.146. The Bertz CT molecular complexity index is 1920. The van der Waals surface area contributed by atoms with Crippen molar-refractivity contribution >= 4 is 77.2 Å². The van der Waals surface area contributed by atoms with Crippen LogP contribution in [-0.4, -0.2) is 155 Å². The highest BCUT2D eigenvalue weighted by Gasteiger charge is 2.30. The van der Waals surface area contributed by atoms with E-state index in [9.17, 15) is 82.8 Å². The molecule has 0 aromatic rings. The predicted molar refractivity (Wildman–Crippen MR) is 275 cm³/mol. The minimum Gasteiger partial charge on any atom is -0.480 e. The van der Waals surface area contributed by atoms with Crippen LogP contribution in [0.1, 0.15) is 187 Å². The minimum absolute atomic E-state index is 0.109. The van der Waals surface area contributed by atoms with E-state index in [0.29, 0.717) is 6.42 Å². The fourth-order valence-electron chi connectivity index (χ4n) is 7.85. The van der Waals surface area contributed by atoms with E-state index >= 15 is 0 Å². The summed E-state index contributed by atoms with van der Waals surface area (Å²) in [7, 11) is 3.42. The van der Waals surface area contributed by atoms with Crippen LogP contribution in [0.4, 0.5) is 0 Å². The van der Waals surface area contributed by atoms with Gasteiger partial charge in [0, 0.05) is 52.0 Å². The van der Waals surface area contributed by atoms with Crippen molar-refractivity contribution in [1.29, 1.82) is 0 Å². The maximum Gasteiger partial charge on any atom is 0.328 e. The maximum absolute atomic E-state index is 12.9. The van der Waals surface area contributed by atoms with Crippen LogP contribution in [-0.2, 0) is 71.8 Å².